The molecule has 1 aliphatic heterocycles. The molecule has 0 saturated heterocycles. The van der Waals surface area contributed by atoms with Crippen molar-refractivity contribution in [2.45, 2.75) is 26.8 Å². The van der Waals surface area contributed by atoms with Crippen molar-refractivity contribution in [3.63, 3.8) is 0 Å². The standard InChI is InChI=1S/C28H26N2O6/c1-14-10-18-19(11-15(14)2)36-27-23(25(18)31)24(30(28(27)32)22-9-7-8-16(3)29-22)17-12-20(33-4)26(35-6)21(13-17)34-5/h7-13,24H,1-6H3. The molecule has 3 heterocycles. The van der Waals surface area contributed by atoms with E-state index in [1.54, 1.807) is 30.3 Å². The van der Waals surface area contributed by atoms with Gasteiger partial charge in [0, 0.05) is 5.69 Å². The number of pyridine rings is 1. The molecule has 5 rings (SSSR count). The number of fused-ring (bicyclic) bond motifs is 2. The Bertz CT molecular complexity index is 1560. The second kappa shape index (κ2) is 8.71. The van der Waals surface area contributed by atoms with Crippen molar-refractivity contribution < 1.29 is 23.4 Å². The summed E-state index contributed by atoms with van der Waals surface area (Å²) in [4.78, 5) is 33.9. The van der Waals surface area contributed by atoms with Crippen molar-refractivity contribution in [1.82, 2.24) is 4.98 Å². The van der Waals surface area contributed by atoms with Gasteiger partial charge < -0.3 is 18.6 Å². The van der Waals surface area contributed by atoms with Crippen LogP contribution in [0, 0.1) is 20.8 Å². The number of rotatable bonds is 5. The minimum absolute atomic E-state index is 0.00203. The van der Waals surface area contributed by atoms with Gasteiger partial charge in [0.25, 0.3) is 5.91 Å². The largest absolute Gasteiger partial charge is 0.493 e. The number of aromatic nitrogens is 1. The second-order valence-electron chi connectivity index (χ2n) is 8.78. The number of anilines is 1. The molecule has 0 radical (unpaired) electrons. The van der Waals surface area contributed by atoms with Crippen LogP contribution in [0.3, 0.4) is 0 Å². The van der Waals surface area contributed by atoms with Crippen LogP contribution in [0.1, 0.15) is 44.5 Å². The van der Waals surface area contributed by atoms with Gasteiger partial charge in [0.05, 0.1) is 38.3 Å². The van der Waals surface area contributed by atoms with Crippen molar-refractivity contribution in [3.8, 4) is 17.2 Å². The van der Waals surface area contributed by atoms with E-state index < -0.39 is 11.9 Å². The van der Waals surface area contributed by atoms with E-state index in [0.717, 1.165) is 16.8 Å². The fourth-order valence-corrected chi connectivity index (χ4v) is 4.70. The lowest BCUT2D eigenvalue weighted by Crippen LogP contribution is -2.30. The molecule has 36 heavy (non-hydrogen) atoms. The van der Waals surface area contributed by atoms with Gasteiger partial charge in [-0.15, -0.1) is 0 Å². The Morgan fingerprint density at radius 1 is 0.889 bits per heavy atom. The van der Waals surface area contributed by atoms with Crippen LogP contribution in [0.4, 0.5) is 5.82 Å². The van der Waals surface area contributed by atoms with Gasteiger partial charge in [-0.2, -0.15) is 0 Å². The molecule has 0 saturated carbocycles. The first-order valence-corrected chi connectivity index (χ1v) is 11.4. The molecule has 1 aliphatic rings. The molecule has 184 valence electrons. The Balaban J connectivity index is 1.86. The van der Waals surface area contributed by atoms with Gasteiger partial charge in [0.15, 0.2) is 16.9 Å². The van der Waals surface area contributed by atoms with Crippen LogP contribution in [-0.2, 0) is 0 Å². The lowest BCUT2D eigenvalue weighted by Gasteiger charge is -2.25. The number of carbonyl (C=O) groups is 1. The van der Waals surface area contributed by atoms with E-state index in [4.69, 9.17) is 18.6 Å². The Hall–Kier alpha value is -4.33. The molecule has 1 amide bonds. The zero-order valence-electron chi connectivity index (χ0n) is 21.0. The number of methoxy groups -OCH3 is 3. The molecule has 1 unspecified atom stereocenters. The fraction of sp³-hybridized carbons (Fsp3) is 0.250. The molecule has 0 aliphatic carbocycles. The van der Waals surface area contributed by atoms with E-state index in [0.29, 0.717) is 39.6 Å². The lowest BCUT2D eigenvalue weighted by molar-refractivity contribution is 0.0970. The predicted molar refractivity (Wildman–Crippen MR) is 136 cm³/mol. The molecule has 8 heteroatoms. The van der Waals surface area contributed by atoms with E-state index in [9.17, 15) is 9.59 Å². The molecule has 8 nitrogen and oxygen atoms in total. The van der Waals surface area contributed by atoms with E-state index >= 15 is 0 Å². The summed E-state index contributed by atoms with van der Waals surface area (Å²) >= 11 is 0. The molecule has 0 bridgehead atoms. The summed E-state index contributed by atoms with van der Waals surface area (Å²) in [6.07, 6.45) is 0. The van der Waals surface area contributed by atoms with Gasteiger partial charge in [0.1, 0.15) is 11.4 Å². The Morgan fingerprint density at radius 2 is 1.56 bits per heavy atom. The first-order valence-electron chi connectivity index (χ1n) is 11.4. The molecular formula is C28H26N2O6. The van der Waals surface area contributed by atoms with Crippen LogP contribution < -0.4 is 24.5 Å². The average molecular weight is 487 g/mol. The van der Waals surface area contributed by atoms with Gasteiger partial charge in [-0.1, -0.05) is 6.07 Å². The van der Waals surface area contributed by atoms with Crippen LogP contribution in [0.25, 0.3) is 11.0 Å². The van der Waals surface area contributed by atoms with Crippen molar-refractivity contribution in [1.29, 1.82) is 0 Å². The van der Waals surface area contributed by atoms with Crippen molar-refractivity contribution in [2.75, 3.05) is 26.2 Å². The van der Waals surface area contributed by atoms with Gasteiger partial charge in [-0.05, 0) is 73.9 Å². The van der Waals surface area contributed by atoms with Crippen LogP contribution >= 0.6 is 0 Å². The topological polar surface area (TPSA) is 91.1 Å². The smallest absolute Gasteiger partial charge is 0.296 e. The van der Waals surface area contributed by atoms with E-state index in [2.05, 4.69) is 4.98 Å². The van der Waals surface area contributed by atoms with Crippen LogP contribution in [-0.4, -0.2) is 32.2 Å². The molecule has 0 fully saturated rings. The molecule has 0 N–H and O–H groups in total. The quantitative estimate of drug-likeness (QED) is 0.397. The minimum atomic E-state index is -0.822. The van der Waals surface area contributed by atoms with Gasteiger partial charge >= 0.3 is 0 Å². The highest BCUT2D eigenvalue weighted by atomic mass is 16.5. The normalized spacial score (nSPS) is 14.8. The van der Waals surface area contributed by atoms with Crippen molar-refractivity contribution in [2.24, 2.45) is 0 Å². The van der Waals surface area contributed by atoms with Crippen LogP contribution in [0.5, 0.6) is 17.2 Å². The molecule has 2 aromatic heterocycles. The molecule has 2 aromatic carbocycles. The monoisotopic (exact) mass is 486 g/mol. The fourth-order valence-electron chi connectivity index (χ4n) is 4.70. The maximum Gasteiger partial charge on any atom is 0.296 e. The van der Waals surface area contributed by atoms with Gasteiger partial charge in [-0.25, -0.2) is 4.98 Å². The second-order valence-corrected chi connectivity index (χ2v) is 8.78. The zero-order chi connectivity index (χ0) is 25.7. The number of aryl methyl sites for hydroxylation is 3. The third-order valence-electron chi connectivity index (χ3n) is 6.61. The number of amides is 1. The van der Waals surface area contributed by atoms with E-state index in [1.807, 2.05) is 32.9 Å². The van der Waals surface area contributed by atoms with Gasteiger partial charge in [-0.3, -0.25) is 14.5 Å². The highest BCUT2D eigenvalue weighted by Gasteiger charge is 2.45. The summed E-state index contributed by atoms with van der Waals surface area (Å²) in [6.45, 7) is 5.71. The third-order valence-corrected chi connectivity index (χ3v) is 6.61. The highest BCUT2D eigenvalue weighted by Crippen LogP contribution is 2.46. The Morgan fingerprint density at radius 3 is 2.17 bits per heavy atom. The molecule has 4 aromatic rings. The van der Waals surface area contributed by atoms with E-state index in [-0.39, 0.29) is 16.8 Å². The summed E-state index contributed by atoms with van der Waals surface area (Å²) in [5.41, 5.74) is 3.60. The van der Waals surface area contributed by atoms with E-state index in [1.165, 1.54) is 26.2 Å². The summed E-state index contributed by atoms with van der Waals surface area (Å²) in [5, 5.41) is 0.418. The lowest BCUT2D eigenvalue weighted by atomic mass is 9.96. The Kier molecular flexibility index (Phi) is 5.67. The summed E-state index contributed by atoms with van der Waals surface area (Å²) in [7, 11) is 4.55. The van der Waals surface area contributed by atoms with Crippen molar-refractivity contribution in [3.05, 3.63) is 86.4 Å². The SMILES string of the molecule is COc1cc(C2c3c(oc4cc(C)c(C)cc4c3=O)C(=O)N2c2cccc(C)n2)cc(OC)c1OC. The Labute approximate surface area is 208 Å². The minimum Gasteiger partial charge on any atom is -0.493 e. The highest BCUT2D eigenvalue weighted by molar-refractivity contribution is 6.10. The summed E-state index contributed by atoms with van der Waals surface area (Å²) in [5.74, 6) is 1.17. The summed E-state index contributed by atoms with van der Waals surface area (Å²) < 4.78 is 22.7. The zero-order valence-corrected chi connectivity index (χ0v) is 21.0. The van der Waals surface area contributed by atoms with Crippen molar-refractivity contribution >= 4 is 22.7 Å². The molecule has 0 spiro atoms. The number of benzene rings is 2. The maximum absolute atomic E-state index is 13.9. The number of hydrogen-bond acceptors (Lipinski definition) is 7. The first kappa shape index (κ1) is 23.4. The molecule has 1 atom stereocenters. The molecular weight excluding hydrogens is 460 g/mol. The average Bonchev–Trinajstić information content (AvgIpc) is 3.16. The number of hydrogen-bond donors (Lipinski definition) is 0. The third kappa shape index (κ3) is 3.48. The van der Waals surface area contributed by atoms with Crippen LogP contribution in [0.15, 0.2) is 51.7 Å². The number of ether oxygens (including phenoxy) is 3. The maximum atomic E-state index is 13.9. The summed E-state index contributed by atoms with van der Waals surface area (Å²) in [6, 6.07) is 11.6. The number of carbonyl (C=O) groups excluding carboxylic acids is 1. The predicted octanol–water partition coefficient (Wildman–Crippen LogP) is 4.89. The van der Waals surface area contributed by atoms with Crippen LogP contribution in [0.2, 0.25) is 0 Å². The number of nitrogens with zero attached hydrogens (tertiary/aromatic N) is 2. The van der Waals surface area contributed by atoms with Gasteiger partial charge in [0.2, 0.25) is 11.5 Å². The first-order chi connectivity index (χ1) is 17.3.